The Morgan fingerprint density at radius 1 is 1.11 bits per heavy atom. The molecule has 0 aromatic heterocycles. The highest BCUT2D eigenvalue weighted by molar-refractivity contribution is 5.76. The first-order chi connectivity index (χ1) is 8.28. The summed E-state index contributed by atoms with van der Waals surface area (Å²) >= 11 is 0. The van der Waals surface area contributed by atoms with Gasteiger partial charge in [0.1, 0.15) is 0 Å². The van der Waals surface area contributed by atoms with Crippen molar-refractivity contribution in [2.45, 2.75) is 47.5 Å². The summed E-state index contributed by atoms with van der Waals surface area (Å²) < 4.78 is 0. The van der Waals surface area contributed by atoms with Gasteiger partial charge >= 0.3 is 0 Å². The molecule has 0 N–H and O–H groups in total. The zero-order valence-electron chi connectivity index (χ0n) is 12.8. The van der Waals surface area contributed by atoms with Gasteiger partial charge in [-0.2, -0.15) is 0 Å². The van der Waals surface area contributed by atoms with Gasteiger partial charge in [0.15, 0.2) is 0 Å². The largest absolute Gasteiger partial charge is 0.340 e. The third-order valence-corrected chi connectivity index (χ3v) is 3.44. The van der Waals surface area contributed by atoms with Gasteiger partial charge in [-0.05, 0) is 17.8 Å². The van der Waals surface area contributed by atoms with Crippen LogP contribution in [-0.4, -0.2) is 48.4 Å². The average molecular weight is 254 g/mol. The summed E-state index contributed by atoms with van der Waals surface area (Å²) in [6, 6.07) is 0. The topological polar surface area (TPSA) is 23.6 Å². The Morgan fingerprint density at radius 3 is 2.11 bits per heavy atom. The van der Waals surface area contributed by atoms with Crippen molar-refractivity contribution in [3.05, 3.63) is 0 Å². The Balaban J connectivity index is 2.27. The normalized spacial score (nSPS) is 18.4. The molecule has 18 heavy (non-hydrogen) atoms. The molecule has 0 aromatic carbocycles. The summed E-state index contributed by atoms with van der Waals surface area (Å²) in [6.45, 7) is 16.2. The monoisotopic (exact) mass is 254 g/mol. The molecule has 1 rings (SSSR count). The second-order valence-electron chi connectivity index (χ2n) is 7.14. The van der Waals surface area contributed by atoms with Crippen LogP contribution in [0.3, 0.4) is 0 Å². The number of carbonyl (C=O) groups is 1. The highest BCUT2D eigenvalue weighted by Crippen LogP contribution is 2.21. The zero-order valence-corrected chi connectivity index (χ0v) is 12.8. The second-order valence-corrected chi connectivity index (χ2v) is 7.14. The van der Waals surface area contributed by atoms with Crippen molar-refractivity contribution in [2.24, 2.45) is 11.3 Å². The highest BCUT2D eigenvalue weighted by atomic mass is 16.2. The van der Waals surface area contributed by atoms with Crippen molar-refractivity contribution in [3.8, 4) is 0 Å². The van der Waals surface area contributed by atoms with E-state index >= 15 is 0 Å². The van der Waals surface area contributed by atoms with Crippen LogP contribution in [0.2, 0.25) is 0 Å². The van der Waals surface area contributed by atoms with Crippen molar-refractivity contribution in [1.29, 1.82) is 0 Å². The van der Waals surface area contributed by atoms with E-state index < -0.39 is 0 Å². The summed E-state index contributed by atoms with van der Waals surface area (Å²) in [7, 11) is 0. The summed E-state index contributed by atoms with van der Waals surface area (Å²) in [5, 5.41) is 0. The zero-order chi connectivity index (χ0) is 13.8. The molecular weight excluding hydrogens is 224 g/mol. The first-order valence-electron chi connectivity index (χ1n) is 7.28. The van der Waals surface area contributed by atoms with Crippen molar-refractivity contribution in [1.82, 2.24) is 9.80 Å². The Morgan fingerprint density at radius 2 is 1.67 bits per heavy atom. The first kappa shape index (κ1) is 15.5. The van der Waals surface area contributed by atoms with Crippen molar-refractivity contribution < 1.29 is 4.79 Å². The fourth-order valence-electron chi connectivity index (χ4n) is 2.34. The molecule has 106 valence electrons. The maximum Gasteiger partial charge on any atom is 0.222 e. The molecule has 1 saturated heterocycles. The highest BCUT2D eigenvalue weighted by Gasteiger charge is 2.22. The predicted octanol–water partition coefficient (Wildman–Crippen LogP) is 2.61. The van der Waals surface area contributed by atoms with Crippen LogP contribution in [0.4, 0.5) is 0 Å². The number of nitrogens with zero attached hydrogens (tertiary/aromatic N) is 2. The lowest BCUT2D eigenvalue weighted by Gasteiger charge is -2.36. The molecule has 3 heteroatoms. The lowest BCUT2D eigenvalue weighted by molar-refractivity contribution is -0.133. The molecule has 0 saturated carbocycles. The van der Waals surface area contributed by atoms with Crippen LogP contribution in [0.25, 0.3) is 0 Å². The summed E-state index contributed by atoms with van der Waals surface area (Å²) in [5.74, 6) is 1.06. The minimum absolute atomic E-state index is 0.259. The Labute approximate surface area is 113 Å². The van der Waals surface area contributed by atoms with E-state index in [-0.39, 0.29) is 5.41 Å². The van der Waals surface area contributed by atoms with Gasteiger partial charge in [0.25, 0.3) is 0 Å². The quantitative estimate of drug-likeness (QED) is 0.770. The number of amides is 1. The fourth-order valence-corrected chi connectivity index (χ4v) is 2.34. The average Bonchev–Trinajstić information content (AvgIpc) is 2.25. The van der Waals surface area contributed by atoms with E-state index in [2.05, 4.69) is 39.5 Å². The van der Waals surface area contributed by atoms with E-state index in [1.54, 1.807) is 0 Å². The minimum atomic E-state index is 0.259. The predicted molar refractivity (Wildman–Crippen MR) is 76.5 cm³/mol. The number of rotatable bonds is 4. The summed E-state index contributed by atoms with van der Waals surface area (Å²) in [4.78, 5) is 16.6. The van der Waals surface area contributed by atoms with E-state index in [9.17, 15) is 4.79 Å². The number of hydrogen-bond acceptors (Lipinski definition) is 2. The lowest BCUT2D eigenvalue weighted by atomic mass is 9.90. The van der Waals surface area contributed by atoms with E-state index in [4.69, 9.17) is 0 Å². The van der Waals surface area contributed by atoms with E-state index in [0.717, 1.165) is 39.1 Å². The molecule has 0 unspecified atom stereocenters. The van der Waals surface area contributed by atoms with Gasteiger partial charge in [-0.3, -0.25) is 9.69 Å². The second kappa shape index (κ2) is 6.55. The maximum absolute atomic E-state index is 12.1. The molecule has 1 aliphatic rings. The molecular formula is C15H30N2O. The van der Waals surface area contributed by atoms with Crippen LogP contribution in [0.15, 0.2) is 0 Å². The number of piperazine rings is 1. The van der Waals surface area contributed by atoms with Crippen molar-refractivity contribution >= 4 is 5.91 Å². The van der Waals surface area contributed by atoms with Crippen LogP contribution >= 0.6 is 0 Å². The van der Waals surface area contributed by atoms with Crippen molar-refractivity contribution in [2.75, 3.05) is 32.7 Å². The smallest absolute Gasteiger partial charge is 0.222 e. The van der Waals surface area contributed by atoms with E-state index in [1.165, 1.54) is 0 Å². The van der Waals surface area contributed by atoms with Crippen LogP contribution in [0.5, 0.6) is 0 Å². The third-order valence-electron chi connectivity index (χ3n) is 3.44. The Kier molecular flexibility index (Phi) is 5.64. The summed E-state index contributed by atoms with van der Waals surface area (Å²) in [5.41, 5.74) is 0.259. The maximum atomic E-state index is 12.1. The fraction of sp³-hybridized carbons (Fsp3) is 0.933. The molecule has 0 spiro atoms. The van der Waals surface area contributed by atoms with Crippen LogP contribution in [0, 0.1) is 11.3 Å². The van der Waals surface area contributed by atoms with E-state index in [1.807, 2.05) is 4.90 Å². The standard InChI is InChI=1S/C15H30N2O/c1-13(2)12-16-8-10-17(11-9-16)14(18)6-7-15(3,4)5/h13H,6-12H2,1-5H3. The number of hydrogen-bond donors (Lipinski definition) is 0. The van der Waals surface area contributed by atoms with Crippen LogP contribution < -0.4 is 0 Å². The summed E-state index contributed by atoms with van der Waals surface area (Å²) in [6.07, 6.45) is 1.69. The van der Waals surface area contributed by atoms with Gasteiger partial charge in [0.05, 0.1) is 0 Å². The van der Waals surface area contributed by atoms with Gasteiger partial charge in [-0.1, -0.05) is 34.6 Å². The Hall–Kier alpha value is -0.570. The van der Waals surface area contributed by atoms with Gasteiger partial charge in [-0.15, -0.1) is 0 Å². The molecule has 1 amide bonds. The number of carbonyl (C=O) groups excluding carboxylic acids is 1. The lowest BCUT2D eigenvalue weighted by Crippen LogP contribution is -2.49. The molecule has 0 radical (unpaired) electrons. The molecule has 0 bridgehead atoms. The third kappa shape index (κ3) is 5.85. The molecule has 0 aliphatic carbocycles. The molecule has 1 aliphatic heterocycles. The van der Waals surface area contributed by atoms with Gasteiger partial charge in [-0.25, -0.2) is 0 Å². The Bertz CT molecular complexity index is 260. The SMILES string of the molecule is CC(C)CN1CCN(C(=O)CCC(C)(C)C)CC1. The van der Waals surface area contributed by atoms with Gasteiger partial charge in [0.2, 0.25) is 5.91 Å². The molecule has 0 aromatic rings. The molecule has 3 nitrogen and oxygen atoms in total. The molecule has 1 heterocycles. The van der Waals surface area contributed by atoms with Crippen LogP contribution in [-0.2, 0) is 4.79 Å². The van der Waals surface area contributed by atoms with E-state index in [0.29, 0.717) is 18.2 Å². The van der Waals surface area contributed by atoms with Gasteiger partial charge in [0, 0.05) is 39.1 Å². The molecule has 1 fully saturated rings. The minimum Gasteiger partial charge on any atom is -0.340 e. The van der Waals surface area contributed by atoms with Crippen molar-refractivity contribution in [3.63, 3.8) is 0 Å². The van der Waals surface area contributed by atoms with Crippen LogP contribution in [0.1, 0.15) is 47.5 Å². The first-order valence-corrected chi connectivity index (χ1v) is 7.28. The van der Waals surface area contributed by atoms with Gasteiger partial charge < -0.3 is 4.90 Å². The molecule has 0 atom stereocenters.